The summed E-state index contributed by atoms with van der Waals surface area (Å²) in [5.41, 5.74) is 2.86. The van der Waals surface area contributed by atoms with Crippen molar-refractivity contribution >= 4 is 23.6 Å². The first-order valence-corrected chi connectivity index (χ1v) is 5.04. The first kappa shape index (κ1) is 11.8. The van der Waals surface area contributed by atoms with E-state index in [4.69, 9.17) is 11.6 Å². The van der Waals surface area contributed by atoms with Crippen LogP contribution >= 0.6 is 11.6 Å². The minimum Gasteiger partial charge on any atom is -0.369 e. The molecule has 0 unspecified atom stereocenters. The van der Waals surface area contributed by atoms with E-state index in [1.807, 2.05) is 44.1 Å². The Hall–Kier alpha value is -1.28. The fraction of sp³-hybridized carbons (Fsp3) is 0.250. The average Bonchev–Trinajstić information content (AvgIpc) is 2.14. The predicted molar refractivity (Wildman–Crippen MR) is 67.4 cm³/mol. The monoisotopic (exact) mass is 222 g/mol. The standard InChI is InChI=1S/C12H15ClN2/c1-9-7-11(13)5-6-12(9)10(2)14-8-15(3)4/h5-8H,2H2,1,3-4H3. The van der Waals surface area contributed by atoms with Crippen molar-refractivity contribution < 1.29 is 0 Å². The fourth-order valence-electron chi connectivity index (χ4n) is 1.21. The van der Waals surface area contributed by atoms with Gasteiger partial charge in [-0.05, 0) is 24.6 Å². The second kappa shape index (κ2) is 4.99. The number of aliphatic imine (C=N–C) groups is 1. The molecule has 0 atom stereocenters. The number of aryl methyl sites for hydroxylation is 1. The van der Waals surface area contributed by atoms with Gasteiger partial charge in [0, 0.05) is 24.7 Å². The summed E-state index contributed by atoms with van der Waals surface area (Å²) in [6.07, 6.45) is 1.73. The summed E-state index contributed by atoms with van der Waals surface area (Å²) in [6, 6.07) is 5.69. The quantitative estimate of drug-likeness (QED) is 0.567. The summed E-state index contributed by atoms with van der Waals surface area (Å²) >= 11 is 5.87. The number of hydrogen-bond acceptors (Lipinski definition) is 1. The van der Waals surface area contributed by atoms with Crippen LogP contribution in [-0.2, 0) is 0 Å². The third kappa shape index (κ3) is 3.40. The molecule has 0 saturated heterocycles. The molecule has 0 fully saturated rings. The lowest BCUT2D eigenvalue weighted by molar-refractivity contribution is 0.643. The molecule has 0 N–H and O–H groups in total. The van der Waals surface area contributed by atoms with Crippen molar-refractivity contribution in [2.24, 2.45) is 4.99 Å². The maximum absolute atomic E-state index is 5.87. The van der Waals surface area contributed by atoms with E-state index in [1.54, 1.807) is 6.34 Å². The van der Waals surface area contributed by atoms with Crippen LogP contribution < -0.4 is 0 Å². The molecular formula is C12H15ClN2. The number of nitrogens with zero attached hydrogens (tertiary/aromatic N) is 2. The van der Waals surface area contributed by atoms with Crippen molar-refractivity contribution in [1.82, 2.24) is 4.90 Å². The third-order valence-corrected chi connectivity index (χ3v) is 2.18. The fourth-order valence-corrected chi connectivity index (χ4v) is 1.43. The molecule has 0 spiro atoms. The zero-order chi connectivity index (χ0) is 11.4. The van der Waals surface area contributed by atoms with Crippen molar-refractivity contribution in [3.8, 4) is 0 Å². The first-order chi connectivity index (χ1) is 7.00. The van der Waals surface area contributed by atoms with E-state index in [-0.39, 0.29) is 0 Å². The SMILES string of the molecule is C=C(N=CN(C)C)c1ccc(Cl)cc1C. The lowest BCUT2D eigenvalue weighted by Gasteiger charge is -2.07. The molecular weight excluding hydrogens is 208 g/mol. The van der Waals surface area contributed by atoms with Crippen LogP contribution in [0.25, 0.3) is 5.70 Å². The lowest BCUT2D eigenvalue weighted by Crippen LogP contribution is -2.07. The minimum atomic E-state index is 0.737. The number of rotatable bonds is 3. The summed E-state index contributed by atoms with van der Waals surface area (Å²) in [5, 5.41) is 0.737. The molecule has 0 aliphatic rings. The molecule has 80 valence electrons. The van der Waals surface area contributed by atoms with Gasteiger partial charge in [0.25, 0.3) is 0 Å². The van der Waals surface area contributed by atoms with E-state index in [0.717, 1.165) is 21.8 Å². The molecule has 1 aromatic carbocycles. The molecule has 0 bridgehead atoms. The molecule has 15 heavy (non-hydrogen) atoms. The molecule has 0 aromatic heterocycles. The van der Waals surface area contributed by atoms with Crippen LogP contribution in [-0.4, -0.2) is 25.3 Å². The zero-order valence-corrected chi connectivity index (χ0v) is 10.0. The second-order valence-corrected chi connectivity index (χ2v) is 4.05. The normalized spacial score (nSPS) is 10.7. The molecule has 0 aliphatic carbocycles. The molecule has 0 amide bonds. The summed E-state index contributed by atoms with van der Waals surface area (Å²) < 4.78 is 0. The average molecular weight is 223 g/mol. The van der Waals surface area contributed by atoms with Crippen molar-refractivity contribution in [1.29, 1.82) is 0 Å². The molecule has 1 rings (SSSR count). The largest absolute Gasteiger partial charge is 0.369 e. The highest BCUT2D eigenvalue weighted by molar-refractivity contribution is 6.30. The number of halogens is 1. The van der Waals surface area contributed by atoms with Crippen molar-refractivity contribution in [2.75, 3.05) is 14.1 Å². The molecule has 1 aromatic rings. The van der Waals surface area contributed by atoms with E-state index in [9.17, 15) is 0 Å². The molecule has 0 heterocycles. The first-order valence-electron chi connectivity index (χ1n) is 4.67. The Labute approximate surface area is 95.9 Å². The van der Waals surface area contributed by atoms with Crippen LogP contribution in [0, 0.1) is 6.92 Å². The van der Waals surface area contributed by atoms with E-state index in [0.29, 0.717) is 0 Å². The maximum Gasteiger partial charge on any atom is 0.0907 e. The Morgan fingerprint density at radius 1 is 1.47 bits per heavy atom. The van der Waals surface area contributed by atoms with Gasteiger partial charge in [0.2, 0.25) is 0 Å². The van der Waals surface area contributed by atoms with Gasteiger partial charge in [-0.25, -0.2) is 4.99 Å². The van der Waals surface area contributed by atoms with E-state index in [1.165, 1.54) is 0 Å². The molecule has 2 nitrogen and oxygen atoms in total. The predicted octanol–water partition coefficient (Wildman–Crippen LogP) is 3.21. The summed E-state index contributed by atoms with van der Waals surface area (Å²) in [6.45, 7) is 5.92. The van der Waals surface area contributed by atoms with Gasteiger partial charge in [-0.15, -0.1) is 0 Å². The topological polar surface area (TPSA) is 15.6 Å². The molecule has 0 saturated carbocycles. The van der Waals surface area contributed by atoms with E-state index >= 15 is 0 Å². The number of benzene rings is 1. The van der Waals surface area contributed by atoms with Crippen molar-refractivity contribution in [2.45, 2.75) is 6.92 Å². The molecule has 3 heteroatoms. The van der Waals surface area contributed by atoms with Gasteiger partial charge in [0.1, 0.15) is 0 Å². The smallest absolute Gasteiger partial charge is 0.0907 e. The van der Waals surface area contributed by atoms with Crippen molar-refractivity contribution in [3.05, 3.63) is 40.9 Å². The van der Waals surface area contributed by atoms with E-state index in [2.05, 4.69) is 11.6 Å². The second-order valence-electron chi connectivity index (χ2n) is 3.61. The molecule has 0 aliphatic heterocycles. The van der Waals surface area contributed by atoms with Gasteiger partial charge < -0.3 is 4.90 Å². The van der Waals surface area contributed by atoms with Crippen LogP contribution in [0.3, 0.4) is 0 Å². The third-order valence-electron chi connectivity index (χ3n) is 1.94. The van der Waals surface area contributed by atoms with Gasteiger partial charge in [-0.3, -0.25) is 0 Å². The van der Waals surface area contributed by atoms with Crippen LogP contribution in [0.5, 0.6) is 0 Å². The highest BCUT2D eigenvalue weighted by atomic mass is 35.5. The Morgan fingerprint density at radius 3 is 2.67 bits per heavy atom. The zero-order valence-electron chi connectivity index (χ0n) is 9.29. The van der Waals surface area contributed by atoms with Gasteiger partial charge in [0.05, 0.1) is 12.0 Å². The summed E-state index contributed by atoms with van der Waals surface area (Å²) in [5.74, 6) is 0. The van der Waals surface area contributed by atoms with Crippen LogP contribution in [0.15, 0.2) is 29.8 Å². The van der Waals surface area contributed by atoms with Gasteiger partial charge >= 0.3 is 0 Å². The highest BCUT2D eigenvalue weighted by Crippen LogP contribution is 2.21. The van der Waals surface area contributed by atoms with Crippen LogP contribution in [0.4, 0.5) is 0 Å². The number of hydrogen-bond donors (Lipinski definition) is 0. The molecule has 0 radical (unpaired) electrons. The Kier molecular flexibility index (Phi) is 3.92. The summed E-state index contributed by atoms with van der Waals surface area (Å²) in [4.78, 5) is 6.12. The summed E-state index contributed by atoms with van der Waals surface area (Å²) in [7, 11) is 3.84. The maximum atomic E-state index is 5.87. The Morgan fingerprint density at radius 2 is 2.13 bits per heavy atom. The van der Waals surface area contributed by atoms with E-state index < -0.39 is 0 Å². The van der Waals surface area contributed by atoms with Crippen molar-refractivity contribution in [3.63, 3.8) is 0 Å². The minimum absolute atomic E-state index is 0.737. The Balaban J connectivity index is 2.92. The van der Waals surface area contributed by atoms with Crippen LogP contribution in [0.1, 0.15) is 11.1 Å². The van der Waals surface area contributed by atoms with Gasteiger partial charge in [-0.1, -0.05) is 24.2 Å². The highest BCUT2D eigenvalue weighted by Gasteiger charge is 2.01. The van der Waals surface area contributed by atoms with Gasteiger partial charge in [-0.2, -0.15) is 0 Å². The lowest BCUT2D eigenvalue weighted by atomic mass is 10.1. The van der Waals surface area contributed by atoms with Crippen LogP contribution in [0.2, 0.25) is 5.02 Å². The Bertz CT molecular complexity index is 395. The van der Waals surface area contributed by atoms with Gasteiger partial charge in [0.15, 0.2) is 0 Å².